The Bertz CT molecular complexity index is 561. The maximum Gasteiger partial charge on any atom is 0.163 e. The summed E-state index contributed by atoms with van der Waals surface area (Å²) in [5.41, 5.74) is 1.34. The summed E-state index contributed by atoms with van der Waals surface area (Å²) in [7, 11) is 1.74. The molecule has 0 fully saturated rings. The molecule has 0 radical (unpaired) electrons. The van der Waals surface area contributed by atoms with E-state index in [0.29, 0.717) is 12.0 Å². The standard InChI is InChI=1S/C14H16F2N2S/c1-8-9(2)19-13(18-8)7-12(17-3)10-5-4-6-11(15)14(10)16/h4-6,12,17H,7H2,1-3H3. The first-order chi connectivity index (χ1) is 9.02. The molecule has 0 saturated carbocycles. The summed E-state index contributed by atoms with van der Waals surface area (Å²) < 4.78 is 27.1. The average molecular weight is 282 g/mol. The van der Waals surface area contributed by atoms with Crippen LogP contribution in [0.1, 0.15) is 27.2 Å². The minimum absolute atomic E-state index is 0.277. The van der Waals surface area contributed by atoms with Crippen molar-refractivity contribution < 1.29 is 8.78 Å². The predicted octanol–water partition coefficient (Wildman–Crippen LogP) is 3.54. The van der Waals surface area contributed by atoms with Crippen molar-refractivity contribution in [3.63, 3.8) is 0 Å². The Kier molecular flexibility index (Phi) is 4.27. The highest BCUT2D eigenvalue weighted by Crippen LogP contribution is 2.25. The van der Waals surface area contributed by atoms with E-state index in [1.807, 2.05) is 13.8 Å². The van der Waals surface area contributed by atoms with Crippen LogP contribution in [0.5, 0.6) is 0 Å². The van der Waals surface area contributed by atoms with E-state index in [4.69, 9.17) is 0 Å². The molecule has 1 aromatic carbocycles. The Morgan fingerprint density at radius 3 is 2.63 bits per heavy atom. The second-order valence-electron chi connectivity index (χ2n) is 4.44. The molecule has 2 nitrogen and oxygen atoms in total. The molecule has 19 heavy (non-hydrogen) atoms. The van der Waals surface area contributed by atoms with Crippen LogP contribution in [-0.2, 0) is 6.42 Å². The third-order valence-electron chi connectivity index (χ3n) is 3.16. The number of rotatable bonds is 4. The van der Waals surface area contributed by atoms with Gasteiger partial charge in [-0.2, -0.15) is 0 Å². The van der Waals surface area contributed by atoms with Crippen LogP contribution in [0, 0.1) is 25.5 Å². The third kappa shape index (κ3) is 2.98. The van der Waals surface area contributed by atoms with Gasteiger partial charge in [0.05, 0.1) is 10.7 Å². The number of halogens is 2. The first kappa shape index (κ1) is 14.1. The molecule has 0 spiro atoms. The normalized spacial score (nSPS) is 12.7. The van der Waals surface area contributed by atoms with Crippen molar-refractivity contribution in [2.24, 2.45) is 0 Å². The number of likely N-dealkylation sites (N-methyl/N-ethyl adjacent to an activating group) is 1. The lowest BCUT2D eigenvalue weighted by atomic mass is 10.0. The molecule has 0 aliphatic carbocycles. The number of aromatic nitrogens is 1. The number of aryl methyl sites for hydroxylation is 2. The highest BCUT2D eigenvalue weighted by Gasteiger charge is 2.18. The van der Waals surface area contributed by atoms with Gasteiger partial charge in [0, 0.05) is 22.9 Å². The average Bonchev–Trinajstić information content (AvgIpc) is 2.69. The van der Waals surface area contributed by atoms with E-state index in [1.54, 1.807) is 24.5 Å². The summed E-state index contributed by atoms with van der Waals surface area (Å²) in [5.74, 6) is -1.60. The molecule has 2 rings (SSSR count). The molecule has 2 aromatic rings. The van der Waals surface area contributed by atoms with Gasteiger partial charge in [-0.15, -0.1) is 11.3 Å². The summed E-state index contributed by atoms with van der Waals surface area (Å²) in [6.45, 7) is 3.96. The van der Waals surface area contributed by atoms with Crippen LogP contribution in [0.25, 0.3) is 0 Å². The van der Waals surface area contributed by atoms with Gasteiger partial charge in [0.2, 0.25) is 0 Å². The minimum atomic E-state index is -0.816. The molecule has 1 atom stereocenters. The van der Waals surface area contributed by atoms with E-state index in [1.165, 1.54) is 6.07 Å². The second kappa shape index (κ2) is 5.75. The summed E-state index contributed by atoms with van der Waals surface area (Å²) >= 11 is 1.60. The summed E-state index contributed by atoms with van der Waals surface area (Å²) in [5, 5.41) is 3.95. The Hall–Kier alpha value is -1.33. The summed E-state index contributed by atoms with van der Waals surface area (Å²) in [6, 6.07) is 3.98. The monoisotopic (exact) mass is 282 g/mol. The number of nitrogens with zero attached hydrogens (tertiary/aromatic N) is 1. The first-order valence-corrected chi connectivity index (χ1v) is 6.88. The van der Waals surface area contributed by atoms with Crippen LogP contribution in [0.2, 0.25) is 0 Å². The van der Waals surface area contributed by atoms with Crippen molar-refractivity contribution in [1.82, 2.24) is 10.3 Å². The van der Waals surface area contributed by atoms with Crippen molar-refractivity contribution in [3.05, 3.63) is 51.0 Å². The quantitative estimate of drug-likeness (QED) is 0.927. The molecule has 1 N–H and O–H groups in total. The number of hydrogen-bond acceptors (Lipinski definition) is 3. The van der Waals surface area contributed by atoms with Gasteiger partial charge in [0.1, 0.15) is 0 Å². The Morgan fingerprint density at radius 2 is 2.05 bits per heavy atom. The van der Waals surface area contributed by atoms with E-state index in [9.17, 15) is 8.78 Å². The SMILES string of the molecule is CNC(Cc1nc(C)c(C)s1)c1cccc(F)c1F. The molecule has 0 saturated heterocycles. The molecular formula is C14H16F2N2S. The number of benzene rings is 1. The van der Waals surface area contributed by atoms with Crippen LogP contribution in [-0.4, -0.2) is 12.0 Å². The zero-order valence-electron chi connectivity index (χ0n) is 11.1. The molecule has 0 bridgehead atoms. The lowest BCUT2D eigenvalue weighted by Gasteiger charge is -2.16. The van der Waals surface area contributed by atoms with Crippen molar-refractivity contribution in [2.75, 3.05) is 7.05 Å². The molecule has 102 valence electrons. The van der Waals surface area contributed by atoms with E-state index >= 15 is 0 Å². The summed E-state index contributed by atoms with van der Waals surface area (Å²) in [6.07, 6.45) is 0.552. The van der Waals surface area contributed by atoms with Crippen molar-refractivity contribution in [1.29, 1.82) is 0 Å². The van der Waals surface area contributed by atoms with Crippen LogP contribution < -0.4 is 5.32 Å². The Labute approximate surface area is 115 Å². The first-order valence-electron chi connectivity index (χ1n) is 6.07. The molecule has 0 aliphatic rings. The minimum Gasteiger partial charge on any atom is -0.313 e. The van der Waals surface area contributed by atoms with E-state index in [0.717, 1.165) is 21.6 Å². The maximum atomic E-state index is 13.8. The number of thiazole rings is 1. The number of hydrogen-bond donors (Lipinski definition) is 1. The van der Waals surface area contributed by atoms with Crippen LogP contribution in [0.3, 0.4) is 0 Å². The molecule has 0 aliphatic heterocycles. The molecule has 1 aromatic heterocycles. The van der Waals surface area contributed by atoms with Gasteiger partial charge in [-0.25, -0.2) is 13.8 Å². The zero-order valence-corrected chi connectivity index (χ0v) is 11.9. The molecular weight excluding hydrogens is 266 g/mol. The van der Waals surface area contributed by atoms with Gasteiger partial charge in [-0.3, -0.25) is 0 Å². The zero-order chi connectivity index (χ0) is 14.0. The van der Waals surface area contributed by atoms with Crippen LogP contribution in [0.4, 0.5) is 8.78 Å². The van der Waals surface area contributed by atoms with Gasteiger partial charge in [-0.1, -0.05) is 12.1 Å². The molecule has 1 unspecified atom stereocenters. The number of nitrogens with one attached hydrogen (secondary N) is 1. The van der Waals surface area contributed by atoms with Crippen LogP contribution >= 0.6 is 11.3 Å². The Morgan fingerprint density at radius 1 is 1.32 bits per heavy atom. The molecule has 0 amide bonds. The van der Waals surface area contributed by atoms with Crippen molar-refractivity contribution >= 4 is 11.3 Å². The van der Waals surface area contributed by atoms with Gasteiger partial charge in [-0.05, 0) is 27.0 Å². The van der Waals surface area contributed by atoms with E-state index in [2.05, 4.69) is 10.3 Å². The van der Waals surface area contributed by atoms with Gasteiger partial charge in [0.25, 0.3) is 0 Å². The van der Waals surface area contributed by atoms with Crippen molar-refractivity contribution in [3.8, 4) is 0 Å². The predicted molar refractivity (Wildman–Crippen MR) is 73.5 cm³/mol. The third-order valence-corrected chi connectivity index (χ3v) is 4.25. The van der Waals surface area contributed by atoms with Gasteiger partial charge >= 0.3 is 0 Å². The van der Waals surface area contributed by atoms with E-state index < -0.39 is 11.6 Å². The van der Waals surface area contributed by atoms with Crippen LogP contribution in [0.15, 0.2) is 18.2 Å². The topological polar surface area (TPSA) is 24.9 Å². The smallest absolute Gasteiger partial charge is 0.163 e. The fourth-order valence-electron chi connectivity index (χ4n) is 1.96. The van der Waals surface area contributed by atoms with Crippen molar-refractivity contribution in [2.45, 2.75) is 26.3 Å². The van der Waals surface area contributed by atoms with E-state index in [-0.39, 0.29) is 6.04 Å². The highest BCUT2D eigenvalue weighted by molar-refractivity contribution is 7.11. The lowest BCUT2D eigenvalue weighted by Crippen LogP contribution is -2.20. The second-order valence-corrected chi connectivity index (χ2v) is 5.73. The fraction of sp³-hybridized carbons (Fsp3) is 0.357. The maximum absolute atomic E-state index is 13.8. The Balaban J connectivity index is 2.27. The van der Waals surface area contributed by atoms with Gasteiger partial charge < -0.3 is 5.32 Å². The fourth-order valence-corrected chi connectivity index (χ4v) is 2.94. The molecule has 5 heteroatoms. The van der Waals surface area contributed by atoms with Gasteiger partial charge in [0.15, 0.2) is 11.6 Å². The largest absolute Gasteiger partial charge is 0.313 e. The summed E-state index contributed by atoms with van der Waals surface area (Å²) in [4.78, 5) is 5.59. The lowest BCUT2D eigenvalue weighted by molar-refractivity contribution is 0.473. The highest BCUT2D eigenvalue weighted by atomic mass is 32.1. The molecule has 1 heterocycles.